The molecule has 5 aromatic rings. The minimum atomic E-state index is -0.448. The Bertz CT molecular complexity index is 1680. The Kier molecular flexibility index (Phi) is 6.01. The van der Waals surface area contributed by atoms with Crippen molar-refractivity contribution < 1.29 is 9.18 Å². The molecule has 1 atom stereocenters. The molecular formula is C29H24FN7O. The van der Waals surface area contributed by atoms with Crippen molar-refractivity contribution in [3.63, 3.8) is 0 Å². The monoisotopic (exact) mass is 505 g/mol. The molecule has 0 bridgehead atoms. The van der Waals surface area contributed by atoms with E-state index < -0.39 is 5.82 Å². The number of imidazole rings is 1. The Balaban J connectivity index is 1.35. The minimum Gasteiger partial charge on any atom is -0.390 e. The standard InChI is InChI=1S/C29H24FN7O/c30-21-4-1-3-19(15-21)29(38)34-16-18-6-8-22(9-7-18)37-27(23-5-2-13-33-26(23)31)36-25-11-10-24(35-28(25)37)20-12-14-32-17-20/h1-15,20,32H,16-17H2,(H2,31,33)(H,34,38). The van der Waals surface area contributed by atoms with Crippen molar-refractivity contribution in [2.24, 2.45) is 0 Å². The highest BCUT2D eigenvalue weighted by Gasteiger charge is 2.20. The van der Waals surface area contributed by atoms with E-state index in [1.807, 2.05) is 59.3 Å². The van der Waals surface area contributed by atoms with Gasteiger partial charge in [0, 0.05) is 36.5 Å². The van der Waals surface area contributed by atoms with Gasteiger partial charge in [-0.2, -0.15) is 0 Å². The molecule has 38 heavy (non-hydrogen) atoms. The van der Waals surface area contributed by atoms with E-state index in [1.165, 1.54) is 18.2 Å². The molecule has 0 radical (unpaired) electrons. The number of anilines is 1. The van der Waals surface area contributed by atoms with Crippen LogP contribution in [-0.2, 0) is 6.54 Å². The number of aromatic nitrogens is 4. The average Bonchev–Trinajstić information content (AvgIpc) is 3.60. The third-order valence-corrected chi connectivity index (χ3v) is 6.50. The van der Waals surface area contributed by atoms with Gasteiger partial charge in [0.25, 0.3) is 5.91 Å². The first-order valence-corrected chi connectivity index (χ1v) is 12.2. The number of nitrogens with one attached hydrogen (secondary N) is 2. The van der Waals surface area contributed by atoms with Crippen LogP contribution in [0, 0.1) is 5.82 Å². The topological polar surface area (TPSA) is 111 Å². The van der Waals surface area contributed by atoms with Crippen LogP contribution in [0.3, 0.4) is 0 Å². The Morgan fingerprint density at radius 3 is 2.71 bits per heavy atom. The molecule has 6 rings (SSSR count). The van der Waals surface area contributed by atoms with Gasteiger partial charge in [-0.05, 0) is 66.4 Å². The van der Waals surface area contributed by atoms with Crippen LogP contribution in [-0.4, -0.2) is 32.0 Å². The van der Waals surface area contributed by atoms with Gasteiger partial charge in [-0.25, -0.2) is 19.3 Å². The van der Waals surface area contributed by atoms with Crippen LogP contribution in [0.1, 0.15) is 27.5 Å². The molecule has 1 aliphatic rings. The molecule has 0 aliphatic carbocycles. The van der Waals surface area contributed by atoms with Crippen molar-refractivity contribution in [3.8, 4) is 17.1 Å². The van der Waals surface area contributed by atoms with Crippen LogP contribution in [0.5, 0.6) is 0 Å². The van der Waals surface area contributed by atoms with Crippen molar-refractivity contribution in [1.82, 2.24) is 30.2 Å². The zero-order valence-corrected chi connectivity index (χ0v) is 20.3. The number of pyridine rings is 2. The maximum absolute atomic E-state index is 13.5. The molecule has 4 N–H and O–H groups in total. The fraction of sp³-hybridized carbons (Fsp3) is 0.103. The number of fused-ring (bicyclic) bond motifs is 1. The van der Waals surface area contributed by atoms with Gasteiger partial charge >= 0.3 is 0 Å². The molecule has 4 heterocycles. The first-order valence-electron chi connectivity index (χ1n) is 12.2. The number of carbonyl (C=O) groups is 1. The summed E-state index contributed by atoms with van der Waals surface area (Å²) < 4.78 is 15.4. The van der Waals surface area contributed by atoms with Crippen molar-refractivity contribution in [2.75, 3.05) is 12.3 Å². The number of nitrogens with two attached hydrogens (primary N) is 1. The molecule has 1 unspecified atom stereocenters. The molecule has 1 amide bonds. The smallest absolute Gasteiger partial charge is 0.251 e. The van der Waals surface area contributed by atoms with E-state index in [4.69, 9.17) is 15.7 Å². The second-order valence-corrected chi connectivity index (χ2v) is 9.02. The summed E-state index contributed by atoms with van der Waals surface area (Å²) in [6.07, 6.45) is 5.69. The van der Waals surface area contributed by atoms with Gasteiger partial charge in [-0.15, -0.1) is 0 Å². The van der Waals surface area contributed by atoms with E-state index in [2.05, 4.69) is 21.7 Å². The molecule has 1 aliphatic heterocycles. The first-order chi connectivity index (χ1) is 18.6. The normalized spacial score (nSPS) is 14.5. The van der Waals surface area contributed by atoms with Gasteiger partial charge < -0.3 is 16.4 Å². The van der Waals surface area contributed by atoms with E-state index in [0.29, 0.717) is 29.4 Å². The van der Waals surface area contributed by atoms with Crippen LogP contribution in [0.2, 0.25) is 0 Å². The number of amides is 1. The largest absolute Gasteiger partial charge is 0.390 e. The molecule has 9 heteroatoms. The predicted molar refractivity (Wildman–Crippen MR) is 144 cm³/mol. The summed E-state index contributed by atoms with van der Waals surface area (Å²) in [7, 11) is 0. The lowest BCUT2D eigenvalue weighted by Gasteiger charge is -2.12. The highest BCUT2D eigenvalue weighted by atomic mass is 19.1. The summed E-state index contributed by atoms with van der Waals surface area (Å²) in [5.74, 6) is 0.414. The fourth-order valence-electron chi connectivity index (χ4n) is 4.54. The van der Waals surface area contributed by atoms with Gasteiger partial charge in [0.15, 0.2) is 11.5 Å². The summed E-state index contributed by atoms with van der Waals surface area (Å²) in [6.45, 7) is 1.09. The molecule has 0 fully saturated rings. The number of rotatable bonds is 6. The van der Waals surface area contributed by atoms with E-state index in [1.54, 1.807) is 12.3 Å². The number of benzene rings is 2. The first kappa shape index (κ1) is 23.4. The lowest BCUT2D eigenvalue weighted by molar-refractivity contribution is 0.0950. The lowest BCUT2D eigenvalue weighted by Crippen LogP contribution is -2.22. The Hall–Kier alpha value is -5.05. The molecule has 0 spiro atoms. The van der Waals surface area contributed by atoms with Gasteiger partial charge in [0.05, 0.1) is 11.3 Å². The fourth-order valence-corrected chi connectivity index (χ4v) is 4.54. The molecule has 0 saturated carbocycles. The molecule has 8 nitrogen and oxygen atoms in total. The zero-order chi connectivity index (χ0) is 26.1. The number of carbonyl (C=O) groups excluding carboxylic acids is 1. The van der Waals surface area contributed by atoms with Gasteiger partial charge in [-0.3, -0.25) is 9.36 Å². The maximum atomic E-state index is 13.5. The molecule has 3 aromatic heterocycles. The molecule has 0 saturated heterocycles. The summed E-state index contributed by atoms with van der Waals surface area (Å²) in [6, 6.07) is 21.1. The van der Waals surface area contributed by atoms with E-state index in [9.17, 15) is 9.18 Å². The van der Waals surface area contributed by atoms with Crippen LogP contribution in [0.4, 0.5) is 10.2 Å². The summed E-state index contributed by atoms with van der Waals surface area (Å²) in [5.41, 5.74) is 11.4. The van der Waals surface area contributed by atoms with E-state index >= 15 is 0 Å². The summed E-state index contributed by atoms with van der Waals surface area (Å²) in [4.78, 5) is 26.5. The molecule has 188 valence electrons. The third-order valence-electron chi connectivity index (χ3n) is 6.50. The second kappa shape index (κ2) is 9.78. The van der Waals surface area contributed by atoms with Gasteiger partial charge in [0.2, 0.25) is 0 Å². The summed E-state index contributed by atoms with van der Waals surface area (Å²) in [5, 5.41) is 6.06. The highest BCUT2D eigenvalue weighted by Crippen LogP contribution is 2.31. The predicted octanol–water partition coefficient (Wildman–Crippen LogP) is 4.33. The number of hydrogen-bond donors (Lipinski definition) is 3. The van der Waals surface area contributed by atoms with Crippen LogP contribution in [0.15, 0.2) is 91.3 Å². The Labute approximate surface area is 218 Å². The Morgan fingerprint density at radius 2 is 1.95 bits per heavy atom. The van der Waals surface area contributed by atoms with Crippen LogP contribution >= 0.6 is 0 Å². The molecule has 2 aromatic carbocycles. The van der Waals surface area contributed by atoms with Crippen molar-refractivity contribution in [3.05, 3.63) is 114 Å². The molecular weight excluding hydrogens is 481 g/mol. The van der Waals surface area contributed by atoms with Crippen LogP contribution in [0.25, 0.3) is 28.2 Å². The third kappa shape index (κ3) is 4.45. The second-order valence-electron chi connectivity index (χ2n) is 9.02. The number of nitrogens with zero attached hydrogens (tertiary/aromatic N) is 4. The maximum Gasteiger partial charge on any atom is 0.251 e. The SMILES string of the molecule is Nc1ncccc1-c1nc2ccc(C3C=CNC3)nc2n1-c1ccc(CNC(=O)c2cccc(F)c2)cc1. The van der Waals surface area contributed by atoms with E-state index in [-0.39, 0.29) is 17.4 Å². The van der Waals surface area contributed by atoms with E-state index in [0.717, 1.165) is 29.0 Å². The zero-order valence-electron chi connectivity index (χ0n) is 20.3. The number of nitrogen functional groups attached to an aromatic ring is 1. The summed E-state index contributed by atoms with van der Waals surface area (Å²) >= 11 is 0. The van der Waals surface area contributed by atoms with Gasteiger partial charge in [-0.1, -0.05) is 24.3 Å². The van der Waals surface area contributed by atoms with Crippen molar-refractivity contribution in [1.29, 1.82) is 0 Å². The lowest BCUT2D eigenvalue weighted by atomic mass is 10.1. The van der Waals surface area contributed by atoms with Crippen molar-refractivity contribution >= 4 is 22.9 Å². The number of halogens is 1. The number of hydrogen-bond acceptors (Lipinski definition) is 6. The average molecular weight is 506 g/mol. The quantitative estimate of drug-likeness (QED) is 0.317. The van der Waals surface area contributed by atoms with Crippen molar-refractivity contribution in [2.45, 2.75) is 12.5 Å². The van der Waals surface area contributed by atoms with Gasteiger partial charge in [0.1, 0.15) is 17.2 Å². The highest BCUT2D eigenvalue weighted by molar-refractivity contribution is 5.94. The minimum absolute atomic E-state index is 0.179. The van der Waals surface area contributed by atoms with Crippen LogP contribution < -0.4 is 16.4 Å². The Morgan fingerprint density at radius 1 is 1.08 bits per heavy atom.